The minimum Gasteiger partial charge on any atom is -0.476 e. The molecular formula is C12H10BrIN2O2. The summed E-state index contributed by atoms with van der Waals surface area (Å²) in [5.74, 6) is -1.00. The first-order valence-corrected chi connectivity index (χ1v) is 7.04. The Morgan fingerprint density at radius 3 is 2.61 bits per heavy atom. The van der Waals surface area contributed by atoms with Crippen molar-refractivity contribution in [2.45, 2.75) is 13.8 Å². The number of benzene rings is 1. The number of aromatic carboxylic acids is 1. The highest BCUT2D eigenvalue weighted by molar-refractivity contribution is 14.1. The molecule has 0 aliphatic rings. The molecule has 6 heteroatoms. The van der Waals surface area contributed by atoms with Crippen molar-refractivity contribution >= 4 is 44.5 Å². The molecule has 0 bridgehead atoms. The molecule has 0 saturated heterocycles. The normalized spacial score (nSPS) is 10.7. The van der Waals surface area contributed by atoms with Crippen LogP contribution in [0.1, 0.15) is 21.7 Å². The molecule has 0 unspecified atom stereocenters. The summed E-state index contributed by atoms with van der Waals surface area (Å²) >= 11 is 5.42. The molecule has 1 heterocycles. The van der Waals surface area contributed by atoms with Crippen LogP contribution in [0.4, 0.5) is 0 Å². The Hall–Kier alpha value is -0.890. The van der Waals surface area contributed by atoms with Crippen LogP contribution in [0.15, 0.2) is 22.7 Å². The van der Waals surface area contributed by atoms with Gasteiger partial charge in [-0.3, -0.25) is 0 Å². The van der Waals surface area contributed by atoms with Gasteiger partial charge in [0.05, 0.1) is 15.0 Å². The maximum atomic E-state index is 11.1. The molecule has 0 aliphatic heterocycles. The molecule has 94 valence electrons. The van der Waals surface area contributed by atoms with E-state index >= 15 is 0 Å². The summed E-state index contributed by atoms with van der Waals surface area (Å²) in [7, 11) is 0. The lowest BCUT2D eigenvalue weighted by atomic mass is 10.2. The molecule has 2 aromatic rings. The Bertz CT molecular complexity index is 637. The van der Waals surface area contributed by atoms with E-state index in [0.717, 1.165) is 21.4 Å². The minimum absolute atomic E-state index is 0.0930. The first kappa shape index (κ1) is 13.5. The molecule has 1 aromatic carbocycles. The van der Waals surface area contributed by atoms with Crippen molar-refractivity contribution in [2.24, 2.45) is 0 Å². The van der Waals surface area contributed by atoms with Crippen LogP contribution in [0, 0.1) is 17.4 Å². The molecule has 1 aromatic heterocycles. The molecule has 0 radical (unpaired) electrons. The second-order valence-electron chi connectivity index (χ2n) is 3.90. The van der Waals surface area contributed by atoms with Crippen LogP contribution >= 0.6 is 38.5 Å². The number of rotatable bonds is 2. The summed E-state index contributed by atoms with van der Waals surface area (Å²) in [5, 5.41) is 13.2. The zero-order chi connectivity index (χ0) is 13.4. The fraction of sp³-hybridized carbons (Fsp3) is 0.167. The monoisotopic (exact) mass is 420 g/mol. The topological polar surface area (TPSA) is 55.1 Å². The number of aryl methyl sites for hydroxylation is 1. The van der Waals surface area contributed by atoms with Gasteiger partial charge in [-0.1, -0.05) is 15.9 Å². The van der Waals surface area contributed by atoms with Gasteiger partial charge < -0.3 is 5.11 Å². The SMILES string of the molecule is Cc1cc(Br)ccc1-n1nc(C(=O)O)c(I)c1C. The van der Waals surface area contributed by atoms with E-state index in [-0.39, 0.29) is 5.69 Å². The lowest BCUT2D eigenvalue weighted by Gasteiger charge is -2.08. The first-order chi connectivity index (χ1) is 8.41. The predicted molar refractivity (Wildman–Crippen MR) is 80.4 cm³/mol. The van der Waals surface area contributed by atoms with Crippen LogP contribution in [0.3, 0.4) is 0 Å². The number of halogens is 2. The van der Waals surface area contributed by atoms with Crippen LogP contribution in [0.25, 0.3) is 5.69 Å². The molecule has 0 aliphatic carbocycles. The van der Waals surface area contributed by atoms with Crippen molar-refractivity contribution in [3.8, 4) is 5.69 Å². The van der Waals surface area contributed by atoms with Crippen molar-refractivity contribution < 1.29 is 9.90 Å². The van der Waals surface area contributed by atoms with E-state index in [4.69, 9.17) is 5.11 Å². The molecule has 0 saturated carbocycles. The van der Waals surface area contributed by atoms with Crippen LogP contribution in [-0.4, -0.2) is 20.9 Å². The van der Waals surface area contributed by atoms with E-state index < -0.39 is 5.97 Å². The summed E-state index contributed by atoms with van der Waals surface area (Å²) in [6, 6.07) is 5.81. The van der Waals surface area contributed by atoms with Gasteiger partial charge in [0.2, 0.25) is 0 Å². The number of aromatic nitrogens is 2. The number of hydrogen-bond acceptors (Lipinski definition) is 2. The number of hydrogen-bond donors (Lipinski definition) is 1. The van der Waals surface area contributed by atoms with Crippen LogP contribution in [-0.2, 0) is 0 Å². The lowest BCUT2D eigenvalue weighted by molar-refractivity contribution is 0.0689. The molecule has 0 spiro atoms. The summed E-state index contributed by atoms with van der Waals surface area (Å²) in [6.07, 6.45) is 0. The highest BCUT2D eigenvalue weighted by Gasteiger charge is 2.19. The second kappa shape index (κ2) is 5.00. The number of carbonyl (C=O) groups is 1. The van der Waals surface area contributed by atoms with Gasteiger partial charge in [0.15, 0.2) is 5.69 Å². The first-order valence-electron chi connectivity index (χ1n) is 5.16. The van der Waals surface area contributed by atoms with Gasteiger partial charge in [0.25, 0.3) is 0 Å². The smallest absolute Gasteiger partial charge is 0.357 e. The largest absolute Gasteiger partial charge is 0.476 e. The van der Waals surface area contributed by atoms with E-state index in [1.54, 1.807) is 4.68 Å². The minimum atomic E-state index is -1.00. The second-order valence-corrected chi connectivity index (χ2v) is 5.89. The highest BCUT2D eigenvalue weighted by atomic mass is 127. The molecule has 0 amide bonds. The van der Waals surface area contributed by atoms with Crippen molar-refractivity contribution in [3.05, 3.63) is 43.2 Å². The Morgan fingerprint density at radius 2 is 2.11 bits per heavy atom. The van der Waals surface area contributed by atoms with E-state index in [9.17, 15) is 4.79 Å². The average molecular weight is 421 g/mol. The molecule has 18 heavy (non-hydrogen) atoms. The lowest BCUT2D eigenvalue weighted by Crippen LogP contribution is -2.03. The number of carboxylic acid groups (broad SMARTS) is 1. The zero-order valence-corrected chi connectivity index (χ0v) is 13.5. The van der Waals surface area contributed by atoms with Crippen molar-refractivity contribution in [1.82, 2.24) is 9.78 Å². The summed E-state index contributed by atoms with van der Waals surface area (Å²) < 4.78 is 3.33. The van der Waals surface area contributed by atoms with Gasteiger partial charge in [-0.25, -0.2) is 9.48 Å². The molecule has 2 rings (SSSR count). The van der Waals surface area contributed by atoms with Crippen LogP contribution < -0.4 is 0 Å². The maximum absolute atomic E-state index is 11.1. The molecule has 1 N–H and O–H groups in total. The Morgan fingerprint density at radius 1 is 1.44 bits per heavy atom. The van der Waals surface area contributed by atoms with Crippen LogP contribution in [0.2, 0.25) is 0 Å². The van der Waals surface area contributed by atoms with E-state index in [2.05, 4.69) is 21.0 Å². The Kier molecular flexibility index (Phi) is 3.76. The van der Waals surface area contributed by atoms with Crippen molar-refractivity contribution in [3.63, 3.8) is 0 Å². The summed E-state index contributed by atoms with van der Waals surface area (Å²) in [5.41, 5.74) is 2.85. The quantitative estimate of drug-likeness (QED) is 0.756. The molecular weight excluding hydrogens is 411 g/mol. The third-order valence-corrected chi connectivity index (χ3v) is 4.42. The fourth-order valence-electron chi connectivity index (χ4n) is 1.71. The van der Waals surface area contributed by atoms with Gasteiger partial charge >= 0.3 is 5.97 Å². The van der Waals surface area contributed by atoms with Gasteiger partial charge in [0, 0.05) is 4.47 Å². The summed E-state index contributed by atoms with van der Waals surface area (Å²) in [6.45, 7) is 3.83. The number of carboxylic acids is 1. The van der Waals surface area contributed by atoms with Crippen LogP contribution in [0.5, 0.6) is 0 Å². The Labute approximate surface area is 126 Å². The maximum Gasteiger partial charge on any atom is 0.357 e. The van der Waals surface area contributed by atoms with E-state index in [1.165, 1.54) is 0 Å². The van der Waals surface area contributed by atoms with Gasteiger partial charge in [-0.05, 0) is 60.2 Å². The molecule has 0 fully saturated rings. The average Bonchev–Trinajstić information content (AvgIpc) is 2.57. The van der Waals surface area contributed by atoms with E-state index in [0.29, 0.717) is 3.57 Å². The number of nitrogens with zero attached hydrogens (tertiary/aromatic N) is 2. The van der Waals surface area contributed by atoms with Crippen molar-refractivity contribution in [2.75, 3.05) is 0 Å². The standard InChI is InChI=1S/C12H10BrIN2O2/c1-6-5-8(13)3-4-9(6)16-7(2)10(14)11(15-16)12(17)18/h3-5H,1-2H3,(H,17,18). The van der Waals surface area contributed by atoms with Gasteiger partial charge in [0.1, 0.15) is 0 Å². The highest BCUT2D eigenvalue weighted by Crippen LogP contribution is 2.24. The van der Waals surface area contributed by atoms with Crippen molar-refractivity contribution in [1.29, 1.82) is 0 Å². The third kappa shape index (κ3) is 2.31. The zero-order valence-electron chi connectivity index (χ0n) is 9.74. The third-order valence-electron chi connectivity index (χ3n) is 2.63. The summed E-state index contributed by atoms with van der Waals surface area (Å²) in [4.78, 5) is 11.1. The van der Waals surface area contributed by atoms with Gasteiger partial charge in [-0.15, -0.1) is 0 Å². The van der Waals surface area contributed by atoms with Gasteiger partial charge in [-0.2, -0.15) is 5.10 Å². The Balaban J connectivity index is 2.64. The fourth-order valence-corrected chi connectivity index (χ4v) is 2.75. The molecule has 0 atom stereocenters. The predicted octanol–water partition coefficient (Wildman–Crippen LogP) is 3.55. The van der Waals surface area contributed by atoms with E-state index in [1.807, 2.05) is 54.6 Å². The molecule has 4 nitrogen and oxygen atoms in total.